The average molecular weight is 293 g/mol. The summed E-state index contributed by atoms with van der Waals surface area (Å²) in [5.74, 6) is -0.437. The maximum atomic E-state index is 13.0. The highest BCUT2D eigenvalue weighted by Crippen LogP contribution is 2.26. The van der Waals surface area contributed by atoms with Gasteiger partial charge < -0.3 is 5.73 Å². The lowest BCUT2D eigenvalue weighted by Gasteiger charge is -2.16. The maximum Gasteiger partial charge on any atom is 0.243 e. The molecule has 0 aromatic heterocycles. The summed E-state index contributed by atoms with van der Waals surface area (Å²) in [5, 5.41) is -0.189. The van der Waals surface area contributed by atoms with Crippen LogP contribution in [0, 0.1) is 11.7 Å². The summed E-state index contributed by atoms with van der Waals surface area (Å²) < 4.78 is 38.9. The van der Waals surface area contributed by atoms with E-state index in [9.17, 15) is 12.8 Å². The van der Waals surface area contributed by atoms with Crippen molar-refractivity contribution in [3.8, 4) is 0 Å². The fraction of sp³-hybridized carbons (Fsp3) is 0.455. The van der Waals surface area contributed by atoms with Crippen LogP contribution >= 0.6 is 11.6 Å². The molecule has 1 fully saturated rings. The second kappa shape index (κ2) is 5.13. The van der Waals surface area contributed by atoms with E-state index in [1.807, 2.05) is 0 Å². The Morgan fingerprint density at radius 2 is 2.22 bits per heavy atom. The third-order valence-corrected chi connectivity index (χ3v) is 5.26. The van der Waals surface area contributed by atoms with E-state index >= 15 is 0 Å². The van der Waals surface area contributed by atoms with Gasteiger partial charge in [0.1, 0.15) is 5.82 Å². The van der Waals surface area contributed by atoms with Gasteiger partial charge in [-0.05, 0) is 37.1 Å². The van der Waals surface area contributed by atoms with E-state index < -0.39 is 15.8 Å². The average Bonchev–Trinajstić information content (AvgIpc) is 2.81. The van der Waals surface area contributed by atoms with Crippen LogP contribution < -0.4 is 5.73 Å². The zero-order valence-corrected chi connectivity index (χ0v) is 11.2. The Bertz CT molecular complexity index is 550. The van der Waals surface area contributed by atoms with Crippen molar-refractivity contribution in [3.63, 3.8) is 0 Å². The summed E-state index contributed by atoms with van der Waals surface area (Å²) >= 11 is 5.60. The fourth-order valence-corrected chi connectivity index (χ4v) is 3.80. The molecule has 0 aliphatic carbocycles. The first-order chi connectivity index (χ1) is 8.45. The van der Waals surface area contributed by atoms with E-state index in [1.54, 1.807) is 0 Å². The van der Waals surface area contributed by atoms with Crippen molar-refractivity contribution >= 4 is 21.6 Å². The summed E-state index contributed by atoms with van der Waals surface area (Å²) in [6, 6.07) is 3.43. The Kier molecular flexibility index (Phi) is 3.91. The molecule has 1 atom stereocenters. The minimum absolute atomic E-state index is 0.0200. The molecule has 0 bridgehead atoms. The first-order valence-corrected chi connectivity index (χ1v) is 7.42. The van der Waals surface area contributed by atoms with E-state index in [-0.39, 0.29) is 15.8 Å². The Hall–Kier alpha value is -0.690. The SMILES string of the molecule is NC[C@H]1CCN(S(=O)(=O)c2ccc(F)c(Cl)c2)C1. The van der Waals surface area contributed by atoms with Crippen LogP contribution in [-0.4, -0.2) is 32.4 Å². The van der Waals surface area contributed by atoms with Gasteiger partial charge >= 0.3 is 0 Å². The fourth-order valence-electron chi connectivity index (χ4n) is 1.99. The lowest BCUT2D eigenvalue weighted by molar-refractivity contribution is 0.459. The van der Waals surface area contributed by atoms with Crippen LogP contribution in [0.15, 0.2) is 23.1 Å². The molecule has 1 aliphatic heterocycles. The second-order valence-corrected chi connectivity index (χ2v) is 6.67. The van der Waals surface area contributed by atoms with Crippen molar-refractivity contribution in [2.45, 2.75) is 11.3 Å². The van der Waals surface area contributed by atoms with E-state index in [0.717, 1.165) is 18.6 Å². The Balaban J connectivity index is 2.28. The van der Waals surface area contributed by atoms with Crippen LogP contribution in [-0.2, 0) is 10.0 Å². The summed E-state index contributed by atoms with van der Waals surface area (Å²) in [6.07, 6.45) is 0.755. The monoisotopic (exact) mass is 292 g/mol. The van der Waals surface area contributed by atoms with Crippen LogP contribution in [0.4, 0.5) is 4.39 Å². The molecule has 0 saturated carbocycles. The van der Waals surface area contributed by atoms with Gasteiger partial charge in [0.15, 0.2) is 0 Å². The highest BCUT2D eigenvalue weighted by Gasteiger charge is 2.32. The minimum atomic E-state index is -3.59. The largest absolute Gasteiger partial charge is 0.330 e. The van der Waals surface area contributed by atoms with Gasteiger partial charge in [0.2, 0.25) is 10.0 Å². The zero-order chi connectivity index (χ0) is 13.3. The second-order valence-electron chi connectivity index (χ2n) is 4.33. The minimum Gasteiger partial charge on any atom is -0.330 e. The molecular weight excluding hydrogens is 279 g/mol. The van der Waals surface area contributed by atoms with Gasteiger partial charge in [0, 0.05) is 13.1 Å². The van der Waals surface area contributed by atoms with Crippen LogP contribution in [0.1, 0.15) is 6.42 Å². The molecule has 0 spiro atoms. The van der Waals surface area contributed by atoms with Crippen molar-refractivity contribution in [3.05, 3.63) is 29.0 Å². The van der Waals surface area contributed by atoms with Gasteiger partial charge in [-0.2, -0.15) is 4.31 Å². The predicted octanol–water partition coefficient (Wildman–Crippen LogP) is 1.45. The molecule has 0 unspecified atom stereocenters. The molecule has 0 amide bonds. The molecule has 2 rings (SSSR count). The topological polar surface area (TPSA) is 63.4 Å². The number of sulfonamides is 1. The highest BCUT2D eigenvalue weighted by atomic mass is 35.5. The van der Waals surface area contributed by atoms with Crippen molar-refractivity contribution in [1.29, 1.82) is 0 Å². The maximum absolute atomic E-state index is 13.0. The highest BCUT2D eigenvalue weighted by molar-refractivity contribution is 7.89. The molecule has 1 heterocycles. The first-order valence-electron chi connectivity index (χ1n) is 5.60. The van der Waals surface area contributed by atoms with Gasteiger partial charge in [-0.3, -0.25) is 0 Å². The Morgan fingerprint density at radius 3 is 2.78 bits per heavy atom. The van der Waals surface area contributed by atoms with Gasteiger partial charge in [-0.15, -0.1) is 0 Å². The number of hydrogen-bond acceptors (Lipinski definition) is 3. The summed E-state index contributed by atoms with van der Waals surface area (Å²) in [4.78, 5) is 0.0200. The number of benzene rings is 1. The van der Waals surface area contributed by atoms with E-state index in [0.29, 0.717) is 19.6 Å². The van der Waals surface area contributed by atoms with Crippen LogP contribution in [0.3, 0.4) is 0 Å². The summed E-state index contributed by atoms with van der Waals surface area (Å²) in [7, 11) is -3.59. The predicted molar refractivity (Wildman–Crippen MR) is 67.3 cm³/mol. The lowest BCUT2D eigenvalue weighted by Crippen LogP contribution is -2.30. The number of nitrogens with zero attached hydrogens (tertiary/aromatic N) is 1. The first kappa shape index (κ1) is 13.7. The number of nitrogens with two attached hydrogens (primary N) is 1. The molecule has 1 saturated heterocycles. The third kappa shape index (κ3) is 2.51. The quantitative estimate of drug-likeness (QED) is 0.917. The smallest absolute Gasteiger partial charge is 0.243 e. The van der Waals surface area contributed by atoms with Crippen molar-refractivity contribution in [1.82, 2.24) is 4.31 Å². The van der Waals surface area contributed by atoms with Crippen molar-refractivity contribution < 1.29 is 12.8 Å². The van der Waals surface area contributed by atoms with Crippen LogP contribution in [0.2, 0.25) is 5.02 Å². The molecule has 18 heavy (non-hydrogen) atoms. The molecule has 1 aliphatic rings. The molecule has 2 N–H and O–H groups in total. The molecule has 100 valence electrons. The molecule has 7 heteroatoms. The third-order valence-electron chi connectivity index (χ3n) is 3.11. The molecule has 1 aromatic rings. The van der Waals surface area contributed by atoms with E-state index in [4.69, 9.17) is 17.3 Å². The van der Waals surface area contributed by atoms with Crippen LogP contribution in [0.25, 0.3) is 0 Å². The van der Waals surface area contributed by atoms with E-state index in [1.165, 1.54) is 10.4 Å². The molecular formula is C11H14ClFN2O2S. The van der Waals surface area contributed by atoms with Gasteiger partial charge in [0.25, 0.3) is 0 Å². The summed E-state index contributed by atoms with van der Waals surface area (Å²) in [6.45, 7) is 1.32. The Labute approximate surface area is 111 Å². The van der Waals surface area contributed by atoms with Crippen molar-refractivity contribution in [2.75, 3.05) is 19.6 Å². The number of hydrogen-bond donors (Lipinski definition) is 1. The molecule has 1 aromatic carbocycles. The number of rotatable bonds is 3. The summed E-state index contributed by atoms with van der Waals surface area (Å²) in [5.41, 5.74) is 5.53. The van der Waals surface area contributed by atoms with Crippen LogP contribution in [0.5, 0.6) is 0 Å². The van der Waals surface area contributed by atoms with Gasteiger partial charge in [0.05, 0.1) is 9.92 Å². The zero-order valence-electron chi connectivity index (χ0n) is 9.64. The van der Waals surface area contributed by atoms with Gasteiger partial charge in [-0.25, -0.2) is 12.8 Å². The normalized spacial score (nSPS) is 21.4. The number of halogens is 2. The Morgan fingerprint density at radius 1 is 1.50 bits per heavy atom. The van der Waals surface area contributed by atoms with E-state index in [2.05, 4.69) is 0 Å². The lowest BCUT2D eigenvalue weighted by atomic mass is 10.1. The standard InChI is InChI=1S/C11H14ClFN2O2S/c12-10-5-9(1-2-11(10)13)18(16,17)15-4-3-8(6-14)7-15/h1-2,5,8H,3-4,6-7,14H2/t8-/m1/s1. The molecule has 0 radical (unpaired) electrons. The van der Waals surface area contributed by atoms with Gasteiger partial charge in [-0.1, -0.05) is 11.6 Å². The molecule has 4 nitrogen and oxygen atoms in total. The van der Waals surface area contributed by atoms with Crippen molar-refractivity contribution in [2.24, 2.45) is 11.7 Å².